The van der Waals surface area contributed by atoms with Crippen LogP contribution in [0.1, 0.15) is 54.4 Å². The molecule has 1 aliphatic heterocycles. The largest absolute Gasteiger partial charge is 0.379 e. The fourth-order valence-corrected chi connectivity index (χ4v) is 2.78. The summed E-state index contributed by atoms with van der Waals surface area (Å²) < 4.78 is 5.56. The summed E-state index contributed by atoms with van der Waals surface area (Å²) >= 11 is 0. The maximum Gasteiger partial charge on any atom is 0.0634 e. The van der Waals surface area contributed by atoms with Gasteiger partial charge >= 0.3 is 0 Å². The van der Waals surface area contributed by atoms with Crippen molar-refractivity contribution >= 4 is 0 Å². The van der Waals surface area contributed by atoms with Crippen LogP contribution < -0.4 is 5.32 Å². The molecule has 1 heterocycles. The molecule has 114 valence electrons. The second-order valence-electron chi connectivity index (χ2n) is 7.40. The molecule has 1 rings (SSSR count). The molecule has 0 amide bonds. The van der Waals surface area contributed by atoms with E-state index < -0.39 is 0 Å². The molecule has 0 bridgehead atoms. The van der Waals surface area contributed by atoms with Gasteiger partial charge in [0.1, 0.15) is 0 Å². The Morgan fingerprint density at radius 3 is 2.58 bits per heavy atom. The number of methoxy groups -OCH3 is 1. The zero-order chi connectivity index (χ0) is 14.7. The number of hydrogen-bond donors (Lipinski definition) is 1. The van der Waals surface area contributed by atoms with Gasteiger partial charge in [0, 0.05) is 38.3 Å². The molecule has 0 aromatic rings. The summed E-state index contributed by atoms with van der Waals surface area (Å²) in [5, 5.41) is 3.69. The average Bonchev–Trinajstić information content (AvgIpc) is 2.35. The highest BCUT2D eigenvalue weighted by atomic mass is 16.5. The molecule has 0 aromatic carbocycles. The van der Waals surface area contributed by atoms with Gasteiger partial charge in [0.15, 0.2) is 0 Å². The Morgan fingerprint density at radius 1 is 1.42 bits per heavy atom. The van der Waals surface area contributed by atoms with E-state index in [9.17, 15) is 0 Å². The Hall–Kier alpha value is -0.120. The lowest BCUT2D eigenvalue weighted by molar-refractivity contribution is -0.00947. The number of nitrogens with one attached hydrogen (secondary N) is 1. The molecule has 1 saturated heterocycles. The van der Waals surface area contributed by atoms with E-state index in [1.54, 1.807) is 0 Å². The zero-order valence-electron chi connectivity index (χ0n) is 14.0. The number of piperazine rings is 1. The van der Waals surface area contributed by atoms with E-state index in [0.717, 1.165) is 32.0 Å². The quantitative estimate of drug-likeness (QED) is 0.803. The molecule has 1 N–H and O–H groups in total. The molecular formula is C16H34N2O. The van der Waals surface area contributed by atoms with Gasteiger partial charge in [0.2, 0.25) is 0 Å². The van der Waals surface area contributed by atoms with Crippen LogP contribution in [0.25, 0.3) is 0 Å². The van der Waals surface area contributed by atoms with Gasteiger partial charge in [-0.05, 0) is 40.0 Å². The first kappa shape index (κ1) is 16.9. The molecule has 0 aromatic heterocycles. The molecule has 0 radical (unpaired) electrons. The van der Waals surface area contributed by atoms with Gasteiger partial charge in [-0.1, -0.05) is 20.3 Å². The van der Waals surface area contributed by atoms with Crippen LogP contribution in [-0.2, 0) is 4.74 Å². The topological polar surface area (TPSA) is 24.5 Å². The third-order valence-corrected chi connectivity index (χ3v) is 4.71. The van der Waals surface area contributed by atoms with Crippen molar-refractivity contribution in [1.82, 2.24) is 10.2 Å². The maximum absolute atomic E-state index is 5.56. The van der Waals surface area contributed by atoms with Crippen molar-refractivity contribution in [2.45, 2.75) is 71.6 Å². The highest BCUT2D eigenvalue weighted by Crippen LogP contribution is 2.24. The first-order valence-corrected chi connectivity index (χ1v) is 7.75. The van der Waals surface area contributed by atoms with Gasteiger partial charge < -0.3 is 10.1 Å². The van der Waals surface area contributed by atoms with E-state index in [2.05, 4.69) is 51.8 Å². The first-order valence-electron chi connectivity index (χ1n) is 7.75. The van der Waals surface area contributed by atoms with Crippen LogP contribution >= 0.6 is 0 Å². The molecule has 1 aliphatic rings. The van der Waals surface area contributed by atoms with Crippen LogP contribution in [0.4, 0.5) is 0 Å². The Labute approximate surface area is 120 Å². The molecule has 3 nitrogen and oxygen atoms in total. The number of rotatable bonds is 6. The lowest BCUT2D eigenvalue weighted by Gasteiger charge is -2.47. The normalized spacial score (nSPS) is 26.4. The number of hydrogen-bond acceptors (Lipinski definition) is 3. The molecule has 0 spiro atoms. The van der Waals surface area contributed by atoms with E-state index in [1.165, 1.54) is 6.42 Å². The Balaban J connectivity index is 2.66. The third-order valence-electron chi connectivity index (χ3n) is 4.71. The molecule has 1 fully saturated rings. The number of ether oxygens (including phenoxy) is 1. The van der Waals surface area contributed by atoms with Crippen molar-refractivity contribution in [1.29, 1.82) is 0 Å². The predicted molar refractivity (Wildman–Crippen MR) is 82.6 cm³/mol. The average molecular weight is 270 g/mol. The molecular weight excluding hydrogens is 236 g/mol. The van der Waals surface area contributed by atoms with Crippen molar-refractivity contribution in [3.63, 3.8) is 0 Å². The summed E-state index contributed by atoms with van der Waals surface area (Å²) in [7, 11) is 1.81. The van der Waals surface area contributed by atoms with Crippen LogP contribution in [0.3, 0.4) is 0 Å². The van der Waals surface area contributed by atoms with E-state index in [-0.39, 0.29) is 11.1 Å². The molecule has 2 unspecified atom stereocenters. The smallest absolute Gasteiger partial charge is 0.0634 e. The zero-order valence-corrected chi connectivity index (χ0v) is 14.0. The first-order chi connectivity index (χ1) is 8.71. The van der Waals surface area contributed by atoms with Crippen molar-refractivity contribution in [2.75, 3.05) is 26.7 Å². The summed E-state index contributed by atoms with van der Waals surface area (Å²) in [6.45, 7) is 17.0. The highest BCUT2D eigenvalue weighted by Gasteiger charge is 2.35. The van der Waals surface area contributed by atoms with Gasteiger partial charge in [-0.3, -0.25) is 4.90 Å². The standard InChI is InChI=1S/C16H34N2O/c1-8-13(2)14-11-17-15(3,4)12-18(14)10-9-16(5,6)19-7/h13-14,17H,8-12H2,1-7H3. The van der Waals surface area contributed by atoms with E-state index in [4.69, 9.17) is 4.74 Å². The summed E-state index contributed by atoms with van der Waals surface area (Å²) in [4.78, 5) is 2.67. The van der Waals surface area contributed by atoms with Crippen LogP contribution in [-0.4, -0.2) is 48.8 Å². The van der Waals surface area contributed by atoms with Gasteiger partial charge in [0.25, 0.3) is 0 Å². The molecule has 3 heteroatoms. The fourth-order valence-electron chi connectivity index (χ4n) is 2.78. The maximum atomic E-state index is 5.56. The molecule has 2 atom stereocenters. The highest BCUT2D eigenvalue weighted by molar-refractivity contribution is 4.94. The molecule has 19 heavy (non-hydrogen) atoms. The number of nitrogens with zero attached hydrogens (tertiary/aromatic N) is 1. The van der Waals surface area contributed by atoms with Gasteiger partial charge in [-0.2, -0.15) is 0 Å². The van der Waals surface area contributed by atoms with Crippen LogP contribution in [0.2, 0.25) is 0 Å². The van der Waals surface area contributed by atoms with Crippen molar-refractivity contribution in [3.8, 4) is 0 Å². The van der Waals surface area contributed by atoms with Gasteiger partial charge in [-0.15, -0.1) is 0 Å². The Kier molecular flexibility index (Phi) is 5.84. The van der Waals surface area contributed by atoms with Crippen molar-refractivity contribution in [2.24, 2.45) is 5.92 Å². The molecule has 0 aliphatic carbocycles. The fraction of sp³-hybridized carbons (Fsp3) is 1.00. The Bertz CT molecular complexity index is 276. The second-order valence-corrected chi connectivity index (χ2v) is 7.40. The lowest BCUT2D eigenvalue weighted by atomic mass is 9.90. The van der Waals surface area contributed by atoms with Crippen molar-refractivity contribution in [3.05, 3.63) is 0 Å². The van der Waals surface area contributed by atoms with Gasteiger partial charge in [0.05, 0.1) is 5.60 Å². The van der Waals surface area contributed by atoms with E-state index >= 15 is 0 Å². The van der Waals surface area contributed by atoms with Crippen molar-refractivity contribution < 1.29 is 4.74 Å². The van der Waals surface area contributed by atoms with E-state index in [1.807, 2.05) is 7.11 Å². The molecule has 0 saturated carbocycles. The van der Waals surface area contributed by atoms with Crippen LogP contribution in [0.5, 0.6) is 0 Å². The SMILES string of the molecule is CCC(C)C1CNC(C)(C)CN1CCC(C)(C)OC. The van der Waals surface area contributed by atoms with Crippen LogP contribution in [0.15, 0.2) is 0 Å². The van der Waals surface area contributed by atoms with Gasteiger partial charge in [-0.25, -0.2) is 0 Å². The third kappa shape index (κ3) is 5.05. The Morgan fingerprint density at radius 2 is 2.05 bits per heavy atom. The minimum absolute atomic E-state index is 0.0188. The summed E-state index contributed by atoms with van der Waals surface area (Å²) in [6, 6.07) is 0.658. The predicted octanol–water partition coefficient (Wildman–Crippen LogP) is 2.90. The summed E-state index contributed by atoms with van der Waals surface area (Å²) in [5.41, 5.74) is 0.205. The minimum Gasteiger partial charge on any atom is -0.379 e. The lowest BCUT2D eigenvalue weighted by Crippen LogP contribution is -2.63. The summed E-state index contributed by atoms with van der Waals surface area (Å²) in [5.74, 6) is 0.745. The summed E-state index contributed by atoms with van der Waals surface area (Å²) in [6.07, 6.45) is 2.34. The monoisotopic (exact) mass is 270 g/mol. The minimum atomic E-state index is -0.0188. The van der Waals surface area contributed by atoms with E-state index in [0.29, 0.717) is 6.04 Å². The van der Waals surface area contributed by atoms with Crippen LogP contribution in [0, 0.1) is 5.92 Å². The second kappa shape index (κ2) is 6.55.